The van der Waals surface area contributed by atoms with E-state index in [1.54, 1.807) is 11.8 Å². The number of rotatable bonds is 7. The molecule has 9 heteroatoms. The molecule has 2 atom stereocenters. The fourth-order valence-corrected chi connectivity index (χ4v) is 8.29. The zero-order chi connectivity index (χ0) is 26.2. The highest BCUT2D eigenvalue weighted by atomic mass is 32.2. The number of hydrogen-bond acceptors (Lipinski definition) is 7. The number of oxazole rings is 1. The van der Waals surface area contributed by atoms with Gasteiger partial charge >= 0.3 is 0 Å². The van der Waals surface area contributed by atoms with Gasteiger partial charge in [-0.25, -0.2) is 0 Å². The van der Waals surface area contributed by atoms with Crippen molar-refractivity contribution < 1.29 is 18.4 Å². The first kappa shape index (κ1) is 25.8. The Balaban J connectivity index is 1.35. The SMILES string of the molecule is CC(=O)SC1CN(c2nc(C(=O)N3CC(C(C)(C)C)C3O[SiH](c3ccccc3)c3ccccc3)co2)C1. The molecule has 2 unspecified atom stereocenters. The molecule has 2 aromatic carbocycles. The molecular weight excluding hydrogens is 502 g/mol. The number of likely N-dealkylation sites (tertiary alicyclic amines) is 1. The summed E-state index contributed by atoms with van der Waals surface area (Å²) in [5.41, 5.74) is 0.264. The van der Waals surface area contributed by atoms with E-state index in [-0.39, 0.29) is 39.5 Å². The van der Waals surface area contributed by atoms with Crippen molar-refractivity contribution in [3.05, 3.63) is 72.6 Å². The Hall–Kier alpha value is -2.88. The predicted molar refractivity (Wildman–Crippen MR) is 149 cm³/mol. The van der Waals surface area contributed by atoms with E-state index in [0.29, 0.717) is 25.6 Å². The first-order valence-corrected chi connectivity index (χ1v) is 15.2. The van der Waals surface area contributed by atoms with Gasteiger partial charge in [0.15, 0.2) is 10.8 Å². The van der Waals surface area contributed by atoms with Crippen LogP contribution >= 0.6 is 11.8 Å². The van der Waals surface area contributed by atoms with Gasteiger partial charge in [-0.1, -0.05) is 93.2 Å². The fraction of sp³-hybridized carbons (Fsp3) is 0.393. The third-order valence-electron chi connectivity index (χ3n) is 7.06. The van der Waals surface area contributed by atoms with Crippen LogP contribution in [0.4, 0.5) is 6.01 Å². The van der Waals surface area contributed by atoms with Crippen molar-refractivity contribution in [3.8, 4) is 0 Å². The Morgan fingerprint density at radius 3 is 2.14 bits per heavy atom. The Kier molecular flexibility index (Phi) is 7.29. The lowest BCUT2D eigenvalue weighted by Gasteiger charge is -2.53. The summed E-state index contributed by atoms with van der Waals surface area (Å²) in [5, 5.41) is 2.71. The van der Waals surface area contributed by atoms with E-state index >= 15 is 0 Å². The highest BCUT2D eigenvalue weighted by Gasteiger charge is 2.50. The number of hydrogen-bond donors (Lipinski definition) is 0. The van der Waals surface area contributed by atoms with Crippen molar-refractivity contribution >= 4 is 48.2 Å². The van der Waals surface area contributed by atoms with Gasteiger partial charge in [0.05, 0.1) is 0 Å². The lowest BCUT2D eigenvalue weighted by molar-refractivity contribution is -0.125. The van der Waals surface area contributed by atoms with Gasteiger partial charge in [-0.2, -0.15) is 4.98 Å². The van der Waals surface area contributed by atoms with Crippen molar-refractivity contribution in [2.24, 2.45) is 11.3 Å². The molecule has 2 fully saturated rings. The van der Waals surface area contributed by atoms with E-state index in [9.17, 15) is 9.59 Å². The largest absolute Gasteiger partial charge is 0.431 e. The molecule has 5 rings (SSSR count). The molecule has 2 saturated heterocycles. The van der Waals surface area contributed by atoms with Crippen LogP contribution in [-0.2, 0) is 9.22 Å². The molecule has 3 heterocycles. The molecule has 37 heavy (non-hydrogen) atoms. The van der Waals surface area contributed by atoms with Crippen LogP contribution in [0.25, 0.3) is 0 Å². The molecular formula is C28H33N3O4SSi. The summed E-state index contributed by atoms with van der Waals surface area (Å²) in [5.74, 6) is 0.0227. The molecule has 0 N–H and O–H groups in total. The van der Waals surface area contributed by atoms with Crippen LogP contribution in [0.3, 0.4) is 0 Å². The third kappa shape index (κ3) is 5.53. The summed E-state index contributed by atoms with van der Waals surface area (Å²) in [6.07, 6.45) is 1.10. The molecule has 1 amide bonds. The van der Waals surface area contributed by atoms with E-state index in [1.165, 1.54) is 28.4 Å². The van der Waals surface area contributed by atoms with Gasteiger partial charge in [-0.3, -0.25) is 9.59 Å². The Morgan fingerprint density at radius 1 is 1.00 bits per heavy atom. The maximum atomic E-state index is 13.6. The van der Waals surface area contributed by atoms with Crippen molar-refractivity contribution in [3.63, 3.8) is 0 Å². The monoisotopic (exact) mass is 535 g/mol. The molecule has 194 valence electrons. The van der Waals surface area contributed by atoms with Gasteiger partial charge < -0.3 is 18.6 Å². The second-order valence-corrected chi connectivity index (χ2v) is 14.7. The highest BCUT2D eigenvalue weighted by molar-refractivity contribution is 8.14. The Bertz CT molecular complexity index is 1200. The van der Waals surface area contributed by atoms with Crippen molar-refractivity contribution in [2.75, 3.05) is 24.5 Å². The van der Waals surface area contributed by atoms with Gasteiger partial charge in [-0.05, 0) is 15.8 Å². The van der Waals surface area contributed by atoms with Gasteiger partial charge in [0.25, 0.3) is 11.9 Å². The normalized spacial score (nSPS) is 20.0. The first-order chi connectivity index (χ1) is 17.7. The number of nitrogens with zero attached hydrogens (tertiary/aromatic N) is 3. The Morgan fingerprint density at radius 2 is 1.59 bits per heavy atom. The number of carbonyl (C=O) groups is 2. The lowest BCUT2D eigenvalue weighted by atomic mass is 9.74. The topological polar surface area (TPSA) is 75.9 Å². The average molecular weight is 536 g/mol. The number of carbonyl (C=O) groups excluding carboxylic acids is 2. The van der Waals surface area contributed by atoms with Crippen molar-refractivity contribution in [1.29, 1.82) is 0 Å². The molecule has 0 aliphatic carbocycles. The second kappa shape index (κ2) is 10.5. The molecule has 2 aliphatic rings. The zero-order valence-corrected chi connectivity index (χ0v) is 23.6. The summed E-state index contributed by atoms with van der Waals surface area (Å²) in [4.78, 5) is 33.2. The molecule has 2 aliphatic heterocycles. The van der Waals surface area contributed by atoms with E-state index in [1.807, 2.05) is 41.3 Å². The van der Waals surface area contributed by atoms with E-state index in [4.69, 9.17) is 8.84 Å². The van der Waals surface area contributed by atoms with Crippen molar-refractivity contribution in [1.82, 2.24) is 9.88 Å². The van der Waals surface area contributed by atoms with Gasteiger partial charge in [0.2, 0.25) is 9.04 Å². The molecule has 0 spiro atoms. The highest BCUT2D eigenvalue weighted by Crippen LogP contribution is 2.41. The first-order valence-electron chi connectivity index (χ1n) is 12.6. The summed E-state index contributed by atoms with van der Waals surface area (Å²) in [6, 6.07) is 21.1. The number of benzene rings is 2. The zero-order valence-electron chi connectivity index (χ0n) is 21.7. The third-order valence-corrected chi connectivity index (χ3v) is 10.6. The Labute approximate surface area is 223 Å². The quantitative estimate of drug-likeness (QED) is 0.430. The summed E-state index contributed by atoms with van der Waals surface area (Å²) < 4.78 is 12.6. The molecule has 3 aromatic rings. The maximum absolute atomic E-state index is 13.6. The van der Waals surface area contributed by atoms with Crippen molar-refractivity contribution in [2.45, 2.75) is 39.2 Å². The number of amides is 1. The molecule has 1 aromatic heterocycles. The molecule has 0 bridgehead atoms. The smallest absolute Gasteiger partial charge is 0.298 e. The summed E-state index contributed by atoms with van der Waals surface area (Å²) in [6.45, 7) is 10.2. The van der Waals surface area contributed by atoms with Crippen LogP contribution in [0.5, 0.6) is 0 Å². The minimum Gasteiger partial charge on any atom is -0.431 e. The standard InChI is InChI=1S/C28H33N3O4SSi/c1-19(32)36-20-15-30(16-20)27-29-24(18-34-27)25(33)31-17-23(28(2,3)4)26(31)35-37(21-11-7-5-8-12-21)22-13-9-6-10-14-22/h5-14,18,20,23,26,37H,15-17H2,1-4H3. The molecule has 0 radical (unpaired) electrons. The van der Waals surface area contributed by atoms with Crippen LogP contribution in [0.2, 0.25) is 0 Å². The number of aromatic nitrogens is 1. The summed E-state index contributed by atoms with van der Waals surface area (Å²) in [7, 11) is -2.06. The van der Waals surface area contributed by atoms with Crippen LogP contribution in [-0.4, -0.2) is 61.1 Å². The second-order valence-electron chi connectivity index (χ2n) is 10.8. The summed E-state index contributed by atoms with van der Waals surface area (Å²) >= 11 is 1.34. The maximum Gasteiger partial charge on any atom is 0.298 e. The lowest BCUT2D eigenvalue weighted by Crippen LogP contribution is -2.66. The van der Waals surface area contributed by atoms with Crippen LogP contribution in [0, 0.1) is 11.3 Å². The number of thioether (sulfide) groups is 1. The number of anilines is 1. The minimum absolute atomic E-state index is 0.0240. The predicted octanol–water partition coefficient (Wildman–Crippen LogP) is 3.14. The molecule has 7 nitrogen and oxygen atoms in total. The fourth-order valence-electron chi connectivity index (χ4n) is 4.86. The average Bonchev–Trinajstić information content (AvgIpc) is 3.31. The van der Waals surface area contributed by atoms with Gasteiger partial charge in [0.1, 0.15) is 12.5 Å². The van der Waals surface area contributed by atoms with Gasteiger partial charge in [-0.15, -0.1) is 0 Å². The van der Waals surface area contributed by atoms with Gasteiger partial charge in [0, 0.05) is 37.7 Å². The van der Waals surface area contributed by atoms with Crippen LogP contribution in [0.1, 0.15) is 38.2 Å². The van der Waals surface area contributed by atoms with E-state index in [0.717, 1.165) is 0 Å². The minimum atomic E-state index is -2.06. The van der Waals surface area contributed by atoms with E-state index < -0.39 is 9.04 Å². The van der Waals surface area contributed by atoms with E-state index in [2.05, 4.69) is 50.0 Å². The molecule has 0 saturated carbocycles. The van der Waals surface area contributed by atoms with Crippen LogP contribution in [0.15, 0.2) is 71.3 Å². The van der Waals surface area contributed by atoms with Crippen LogP contribution < -0.4 is 15.3 Å².